The fourth-order valence-corrected chi connectivity index (χ4v) is 5.22. The van der Waals surface area contributed by atoms with Crippen LogP contribution in [0.2, 0.25) is 0 Å². The number of aliphatic hydroxyl groups is 1. The number of carbonyl (C=O) groups excluding carboxylic acids is 1. The Morgan fingerprint density at radius 3 is 2.45 bits per heavy atom. The van der Waals surface area contributed by atoms with Crippen LogP contribution in [0, 0.1) is 11.6 Å². The van der Waals surface area contributed by atoms with E-state index in [0.29, 0.717) is 39.0 Å². The Hall–Kier alpha value is -1.86. The highest BCUT2D eigenvalue weighted by atomic mass is 32.2. The Morgan fingerprint density at radius 2 is 1.85 bits per heavy atom. The van der Waals surface area contributed by atoms with Gasteiger partial charge in [-0.05, 0) is 25.0 Å². The number of β-amino-alcohol motifs (C(OH)–C–C–N with tert-alkyl or cyclic N) is 1. The average Bonchev–Trinajstić information content (AvgIpc) is 2.94. The van der Waals surface area contributed by atoms with E-state index in [1.807, 2.05) is 4.90 Å². The van der Waals surface area contributed by atoms with Crippen LogP contribution in [-0.2, 0) is 19.6 Å². The molecule has 2 aliphatic heterocycles. The second-order valence-corrected chi connectivity index (χ2v) is 10.7. The van der Waals surface area contributed by atoms with E-state index < -0.39 is 27.3 Å². The van der Waals surface area contributed by atoms with Gasteiger partial charge in [-0.25, -0.2) is 21.5 Å². The molecule has 3 rings (SSSR count). The highest BCUT2D eigenvalue weighted by Crippen LogP contribution is 2.25. The molecular weight excluding hydrogens is 460 g/mol. The Bertz CT molecular complexity index is 942. The summed E-state index contributed by atoms with van der Waals surface area (Å²) in [5.41, 5.74) is -1.49. The highest BCUT2D eigenvalue weighted by Gasteiger charge is 2.40. The van der Waals surface area contributed by atoms with Crippen molar-refractivity contribution in [3.05, 3.63) is 29.8 Å². The first-order valence-electron chi connectivity index (χ1n) is 10.8. The van der Waals surface area contributed by atoms with Gasteiger partial charge in [0.05, 0.1) is 12.8 Å². The number of carbonyl (C=O) groups is 1. The first-order chi connectivity index (χ1) is 15.5. The molecule has 0 bridgehead atoms. The van der Waals surface area contributed by atoms with E-state index >= 15 is 0 Å². The van der Waals surface area contributed by atoms with Gasteiger partial charge in [-0.1, -0.05) is 0 Å². The van der Waals surface area contributed by atoms with Gasteiger partial charge >= 0.3 is 0 Å². The molecule has 0 unspecified atom stereocenters. The Labute approximate surface area is 192 Å². The second kappa shape index (κ2) is 10.6. The minimum absolute atomic E-state index is 0.0163. The number of benzene rings is 1. The van der Waals surface area contributed by atoms with Crippen molar-refractivity contribution in [2.75, 3.05) is 65.8 Å². The van der Waals surface area contributed by atoms with Crippen LogP contribution in [0.15, 0.2) is 18.2 Å². The van der Waals surface area contributed by atoms with Gasteiger partial charge in [-0.3, -0.25) is 9.69 Å². The van der Waals surface area contributed by atoms with Gasteiger partial charge in [0.15, 0.2) is 11.6 Å². The Balaban J connectivity index is 1.74. The molecule has 2 fully saturated rings. The van der Waals surface area contributed by atoms with Crippen molar-refractivity contribution in [2.45, 2.75) is 24.5 Å². The predicted octanol–water partition coefficient (Wildman–Crippen LogP) is 0.289. The zero-order valence-electron chi connectivity index (χ0n) is 18.9. The summed E-state index contributed by atoms with van der Waals surface area (Å²) in [5.74, 6) is -2.28. The smallest absolute Gasteiger partial charge is 0.248 e. The van der Waals surface area contributed by atoms with Crippen molar-refractivity contribution in [3.63, 3.8) is 0 Å². The van der Waals surface area contributed by atoms with Crippen LogP contribution in [0.1, 0.15) is 12.8 Å². The molecule has 2 aliphatic rings. The SMILES string of the molecule is COCC(=O)N1CCN(C2CCN(S(C)(=O)=O)CC2)C[C@@](O)(COc2ccc(F)c(F)c2)C1. The molecule has 1 atom stereocenters. The zero-order chi connectivity index (χ0) is 24.2. The third kappa shape index (κ3) is 6.82. The minimum atomic E-state index is -3.26. The number of halogens is 2. The summed E-state index contributed by atoms with van der Waals surface area (Å²) in [6, 6.07) is 3.14. The van der Waals surface area contributed by atoms with Gasteiger partial charge in [0.25, 0.3) is 0 Å². The van der Waals surface area contributed by atoms with Crippen molar-refractivity contribution < 1.29 is 36.6 Å². The molecule has 12 heteroatoms. The molecule has 0 spiro atoms. The molecule has 33 heavy (non-hydrogen) atoms. The molecule has 1 N–H and O–H groups in total. The van der Waals surface area contributed by atoms with Gasteiger partial charge in [0.1, 0.15) is 24.6 Å². The van der Waals surface area contributed by atoms with Crippen LogP contribution >= 0.6 is 0 Å². The van der Waals surface area contributed by atoms with Gasteiger partial charge in [0, 0.05) is 51.9 Å². The van der Waals surface area contributed by atoms with E-state index in [0.717, 1.165) is 12.1 Å². The van der Waals surface area contributed by atoms with Crippen LogP contribution in [0.5, 0.6) is 5.75 Å². The van der Waals surface area contributed by atoms with E-state index in [-0.39, 0.29) is 44.0 Å². The summed E-state index contributed by atoms with van der Waals surface area (Å²) in [6.45, 7) is 1.41. The number of hydrogen-bond donors (Lipinski definition) is 1. The van der Waals surface area contributed by atoms with Crippen LogP contribution in [-0.4, -0.2) is 111 Å². The number of ether oxygens (including phenoxy) is 2. The Morgan fingerprint density at radius 1 is 1.15 bits per heavy atom. The van der Waals surface area contributed by atoms with E-state index in [1.165, 1.54) is 28.6 Å². The highest BCUT2D eigenvalue weighted by molar-refractivity contribution is 7.88. The molecule has 1 aromatic rings. The maximum Gasteiger partial charge on any atom is 0.248 e. The first kappa shape index (κ1) is 25.8. The van der Waals surface area contributed by atoms with E-state index in [9.17, 15) is 27.1 Å². The lowest BCUT2D eigenvalue weighted by Crippen LogP contribution is -2.55. The lowest BCUT2D eigenvalue weighted by molar-refractivity contribution is -0.138. The van der Waals surface area contributed by atoms with Gasteiger partial charge in [0.2, 0.25) is 15.9 Å². The monoisotopic (exact) mass is 491 g/mol. The summed E-state index contributed by atoms with van der Waals surface area (Å²) in [7, 11) is -1.85. The summed E-state index contributed by atoms with van der Waals surface area (Å²) in [6.07, 6.45) is 2.38. The zero-order valence-corrected chi connectivity index (χ0v) is 19.7. The lowest BCUT2D eigenvalue weighted by atomic mass is 10.00. The van der Waals surface area contributed by atoms with E-state index in [1.54, 1.807) is 0 Å². The summed E-state index contributed by atoms with van der Waals surface area (Å²) in [5, 5.41) is 11.4. The standard InChI is InChI=1S/C21H31F2N3O6S/c1-31-12-20(27)25-10-9-24(16-5-7-26(8-6-16)33(2,29)30)13-21(28,14-25)15-32-17-3-4-18(22)19(23)11-17/h3-4,11,16,28H,5-10,12-15H2,1-2H3/t21-/m0/s1. The number of nitrogens with zero attached hydrogens (tertiary/aromatic N) is 3. The molecule has 0 aromatic heterocycles. The molecule has 2 saturated heterocycles. The average molecular weight is 492 g/mol. The van der Waals surface area contributed by atoms with Gasteiger partial charge in [-0.15, -0.1) is 0 Å². The number of amides is 1. The second-order valence-electron chi connectivity index (χ2n) is 8.70. The lowest BCUT2D eigenvalue weighted by Gasteiger charge is -2.39. The number of methoxy groups -OCH3 is 1. The summed E-state index contributed by atoms with van der Waals surface area (Å²) >= 11 is 0. The van der Waals surface area contributed by atoms with Crippen molar-refractivity contribution in [1.82, 2.24) is 14.1 Å². The molecular formula is C21H31F2N3O6S. The van der Waals surface area contributed by atoms with Crippen molar-refractivity contribution in [1.29, 1.82) is 0 Å². The van der Waals surface area contributed by atoms with Crippen LogP contribution < -0.4 is 4.74 Å². The molecule has 0 saturated carbocycles. The van der Waals surface area contributed by atoms with E-state index in [2.05, 4.69) is 0 Å². The fraction of sp³-hybridized carbons (Fsp3) is 0.667. The topological polar surface area (TPSA) is 99.6 Å². The normalized spacial score (nSPS) is 24.0. The number of sulfonamides is 1. The fourth-order valence-electron chi connectivity index (χ4n) is 4.34. The van der Waals surface area contributed by atoms with E-state index in [4.69, 9.17) is 9.47 Å². The minimum Gasteiger partial charge on any atom is -0.490 e. The summed E-state index contributed by atoms with van der Waals surface area (Å²) < 4.78 is 62.4. The number of hydrogen-bond acceptors (Lipinski definition) is 7. The van der Waals surface area contributed by atoms with Crippen LogP contribution in [0.25, 0.3) is 0 Å². The molecule has 1 aromatic carbocycles. The molecule has 186 valence electrons. The Kier molecular flexibility index (Phi) is 8.27. The maximum atomic E-state index is 13.5. The number of rotatable bonds is 7. The molecule has 0 aliphatic carbocycles. The summed E-state index contributed by atoms with van der Waals surface area (Å²) in [4.78, 5) is 16.1. The number of piperidine rings is 1. The van der Waals surface area contributed by atoms with Crippen LogP contribution in [0.4, 0.5) is 8.78 Å². The molecule has 9 nitrogen and oxygen atoms in total. The largest absolute Gasteiger partial charge is 0.490 e. The quantitative estimate of drug-likeness (QED) is 0.585. The van der Waals surface area contributed by atoms with Crippen LogP contribution in [0.3, 0.4) is 0 Å². The third-order valence-corrected chi connectivity index (χ3v) is 7.37. The van der Waals surface area contributed by atoms with Crippen molar-refractivity contribution in [3.8, 4) is 5.75 Å². The predicted molar refractivity (Wildman–Crippen MR) is 116 cm³/mol. The third-order valence-electron chi connectivity index (χ3n) is 6.07. The molecule has 0 radical (unpaired) electrons. The van der Waals surface area contributed by atoms with Crippen molar-refractivity contribution >= 4 is 15.9 Å². The maximum absolute atomic E-state index is 13.5. The van der Waals surface area contributed by atoms with Gasteiger partial charge < -0.3 is 19.5 Å². The van der Waals surface area contributed by atoms with Crippen molar-refractivity contribution in [2.24, 2.45) is 0 Å². The first-order valence-corrected chi connectivity index (χ1v) is 12.6. The molecule has 1 amide bonds. The molecule has 2 heterocycles. The van der Waals surface area contributed by atoms with Gasteiger partial charge in [-0.2, -0.15) is 0 Å².